The van der Waals surface area contributed by atoms with Crippen molar-refractivity contribution < 1.29 is 19.5 Å². The van der Waals surface area contributed by atoms with E-state index in [0.29, 0.717) is 32.6 Å². The monoisotopic (exact) mass is 587 g/mol. The fraction of sp³-hybridized carbons (Fsp3) is 0.296. The third-order valence-corrected chi connectivity index (χ3v) is 9.30. The molecule has 0 bridgehead atoms. The predicted octanol–water partition coefficient (Wildman–Crippen LogP) is 6.50. The summed E-state index contributed by atoms with van der Waals surface area (Å²) in [6.45, 7) is 1.86. The van der Waals surface area contributed by atoms with Crippen molar-refractivity contribution >= 4 is 63.3 Å². The summed E-state index contributed by atoms with van der Waals surface area (Å²) < 4.78 is 0. The Morgan fingerprint density at radius 1 is 0.711 bits per heavy atom. The van der Waals surface area contributed by atoms with Gasteiger partial charge in [-0.15, -0.1) is 45.3 Å². The third kappa shape index (κ3) is 8.52. The zero-order chi connectivity index (χ0) is 26.7. The van der Waals surface area contributed by atoms with E-state index in [1.54, 1.807) is 50.2 Å². The molecule has 0 saturated carbocycles. The SMILES string of the molecule is O=C(O)NC(CCCC(=O)N(Cc1cccs1)Cc1cccs1)C(=O)N(Cc1cccs1)Cc1cccs1. The number of carbonyl (C=O) groups is 3. The van der Waals surface area contributed by atoms with E-state index < -0.39 is 12.1 Å². The highest BCUT2D eigenvalue weighted by molar-refractivity contribution is 7.10. The van der Waals surface area contributed by atoms with Gasteiger partial charge in [0.15, 0.2) is 0 Å². The molecule has 7 nitrogen and oxygen atoms in total. The molecule has 4 heterocycles. The molecule has 0 fully saturated rings. The maximum absolute atomic E-state index is 13.6. The van der Waals surface area contributed by atoms with E-state index in [1.165, 1.54) is 0 Å². The van der Waals surface area contributed by atoms with Crippen LogP contribution in [0.2, 0.25) is 0 Å². The number of amides is 3. The Morgan fingerprint density at radius 3 is 1.50 bits per heavy atom. The molecule has 11 heteroatoms. The second kappa shape index (κ2) is 14.2. The maximum Gasteiger partial charge on any atom is 0.405 e. The standard InChI is InChI=1S/C27H29N3O4S4/c31-25(29(16-20-6-2-12-35-20)17-21-7-3-13-36-21)11-1-10-24(28-27(33)34)26(32)30(18-22-8-4-14-37-22)19-23-9-5-15-38-23/h2-9,12-15,24,28H,1,10-11,16-19H2,(H,33,34). The predicted molar refractivity (Wildman–Crippen MR) is 155 cm³/mol. The van der Waals surface area contributed by atoms with E-state index in [4.69, 9.17) is 0 Å². The number of hydrogen-bond donors (Lipinski definition) is 2. The molecule has 2 N–H and O–H groups in total. The van der Waals surface area contributed by atoms with Crippen molar-refractivity contribution in [3.63, 3.8) is 0 Å². The van der Waals surface area contributed by atoms with E-state index in [-0.39, 0.29) is 24.7 Å². The first-order valence-electron chi connectivity index (χ1n) is 12.1. The molecule has 1 unspecified atom stereocenters. The summed E-state index contributed by atoms with van der Waals surface area (Å²) in [7, 11) is 0. The van der Waals surface area contributed by atoms with Crippen LogP contribution in [0.1, 0.15) is 38.8 Å². The Balaban J connectivity index is 1.40. The molecule has 0 aliphatic carbocycles. The maximum atomic E-state index is 13.6. The number of carbonyl (C=O) groups excluding carboxylic acids is 2. The van der Waals surface area contributed by atoms with Crippen LogP contribution in [0.3, 0.4) is 0 Å². The number of hydrogen-bond acceptors (Lipinski definition) is 7. The van der Waals surface area contributed by atoms with Gasteiger partial charge in [-0.25, -0.2) is 4.79 Å². The lowest BCUT2D eigenvalue weighted by Crippen LogP contribution is -2.47. The molecular formula is C27H29N3O4S4. The lowest BCUT2D eigenvalue weighted by Gasteiger charge is -2.27. The highest BCUT2D eigenvalue weighted by Gasteiger charge is 2.27. The average molecular weight is 588 g/mol. The second-order valence-electron chi connectivity index (χ2n) is 8.66. The minimum atomic E-state index is -1.25. The van der Waals surface area contributed by atoms with E-state index in [9.17, 15) is 19.5 Å². The molecule has 0 saturated heterocycles. The largest absolute Gasteiger partial charge is 0.465 e. The number of nitrogens with one attached hydrogen (secondary N) is 1. The summed E-state index contributed by atoms with van der Waals surface area (Å²) >= 11 is 6.34. The number of carboxylic acid groups (broad SMARTS) is 1. The Hall–Kier alpha value is -2.99. The van der Waals surface area contributed by atoms with Gasteiger partial charge in [0.05, 0.1) is 26.2 Å². The lowest BCUT2D eigenvalue weighted by atomic mass is 10.1. The summed E-state index contributed by atoms with van der Waals surface area (Å²) in [6, 6.07) is 14.8. The molecular weight excluding hydrogens is 559 g/mol. The van der Waals surface area contributed by atoms with Crippen LogP contribution in [0.4, 0.5) is 4.79 Å². The summed E-state index contributed by atoms with van der Waals surface area (Å²) in [5, 5.41) is 19.8. The van der Waals surface area contributed by atoms with E-state index in [2.05, 4.69) is 5.32 Å². The van der Waals surface area contributed by atoms with Gasteiger partial charge in [-0.1, -0.05) is 24.3 Å². The van der Waals surface area contributed by atoms with Crippen molar-refractivity contribution in [3.05, 3.63) is 89.6 Å². The lowest BCUT2D eigenvalue weighted by molar-refractivity contribution is -0.135. The van der Waals surface area contributed by atoms with Crippen LogP contribution in [0, 0.1) is 0 Å². The first-order chi connectivity index (χ1) is 18.5. The van der Waals surface area contributed by atoms with Crippen LogP contribution in [-0.2, 0) is 35.8 Å². The Labute approximate surface area is 238 Å². The molecule has 0 aromatic carbocycles. The number of rotatable bonds is 14. The Kier molecular flexibility index (Phi) is 10.5. The van der Waals surface area contributed by atoms with Gasteiger partial charge in [0.1, 0.15) is 6.04 Å². The molecule has 0 radical (unpaired) electrons. The van der Waals surface area contributed by atoms with Gasteiger partial charge in [0.2, 0.25) is 11.8 Å². The van der Waals surface area contributed by atoms with Crippen LogP contribution in [0.15, 0.2) is 70.1 Å². The van der Waals surface area contributed by atoms with Crippen LogP contribution in [0.25, 0.3) is 0 Å². The molecule has 0 aliphatic rings. The molecule has 4 rings (SSSR count). The molecule has 1 atom stereocenters. The van der Waals surface area contributed by atoms with Crippen LogP contribution in [-0.4, -0.2) is 38.9 Å². The zero-order valence-corrected chi connectivity index (χ0v) is 23.9. The minimum Gasteiger partial charge on any atom is -0.465 e. The minimum absolute atomic E-state index is 0.0117. The normalized spacial score (nSPS) is 11.7. The fourth-order valence-electron chi connectivity index (χ4n) is 4.05. The number of nitrogens with zero attached hydrogens (tertiary/aromatic N) is 2. The number of thiophene rings is 4. The second-order valence-corrected chi connectivity index (χ2v) is 12.8. The van der Waals surface area contributed by atoms with Gasteiger partial charge in [0, 0.05) is 25.9 Å². The van der Waals surface area contributed by atoms with Crippen LogP contribution < -0.4 is 5.32 Å². The molecule has 3 amide bonds. The zero-order valence-electron chi connectivity index (χ0n) is 20.7. The van der Waals surface area contributed by atoms with E-state index in [1.807, 2.05) is 75.0 Å². The van der Waals surface area contributed by atoms with Gasteiger partial charge in [-0.05, 0) is 58.6 Å². The van der Waals surface area contributed by atoms with Crippen molar-refractivity contribution in [2.45, 2.75) is 51.5 Å². The molecule has 4 aromatic heterocycles. The molecule has 0 spiro atoms. The van der Waals surface area contributed by atoms with Crippen molar-refractivity contribution in [2.75, 3.05) is 0 Å². The molecule has 0 aliphatic heterocycles. The summed E-state index contributed by atoms with van der Waals surface area (Å²) in [5.74, 6) is -0.293. The molecule has 38 heavy (non-hydrogen) atoms. The highest BCUT2D eigenvalue weighted by atomic mass is 32.1. The summed E-state index contributed by atoms with van der Waals surface area (Å²) in [5.41, 5.74) is 0. The van der Waals surface area contributed by atoms with Crippen molar-refractivity contribution in [1.29, 1.82) is 0 Å². The van der Waals surface area contributed by atoms with Crippen molar-refractivity contribution in [3.8, 4) is 0 Å². The van der Waals surface area contributed by atoms with Gasteiger partial charge in [-0.2, -0.15) is 0 Å². The van der Waals surface area contributed by atoms with Crippen molar-refractivity contribution in [1.82, 2.24) is 15.1 Å². The summed E-state index contributed by atoms with van der Waals surface area (Å²) in [6.07, 6.45) is -0.377. The van der Waals surface area contributed by atoms with Gasteiger partial charge in [-0.3, -0.25) is 9.59 Å². The third-order valence-electron chi connectivity index (χ3n) is 5.85. The average Bonchev–Trinajstić information content (AvgIpc) is 3.71. The van der Waals surface area contributed by atoms with Gasteiger partial charge >= 0.3 is 6.09 Å². The van der Waals surface area contributed by atoms with Crippen molar-refractivity contribution in [2.24, 2.45) is 0 Å². The smallest absolute Gasteiger partial charge is 0.405 e. The fourth-order valence-corrected chi connectivity index (χ4v) is 6.93. The van der Waals surface area contributed by atoms with Crippen LogP contribution >= 0.6 is 45.3 Å². The Morgan fingerprint density at radius 2 is 1.13 bits per heavy atom. The first kappa shape index (κ1) is 28.0. The summed E-state index contributed by atoms with van der Waals surface area (Å²) in [4.78, 5) is 46.2. The topological polar surface area (TPSA) is 90.0 Å². The van der Waals surface area contributed by atoms with Gasteiger partial charge in [0.25, 0.3) is 0 Å². The van der Waals surface area contributed by atoms with E-state index in [0.717, 1.165) is 19.5 Å². The molecule has 200 valence electrons. The van der Waals surface area contributed by atoms with Crippen LogP contribution in [0.5, 0.6) is 0 Å². The molecule has 4 aromatic rings. The van der Waals surface area contributed by atoms with Gasteiger partial charge < -0.3 is 20.2 Å². The Bertz CT molecular complexity index is 1180. The first-order valence-corrected chi connectivity index (χ1v) is 15.7. The quantitative estimate of drug-likeness (QED) is 0.176. The van der Waals surface area contributed by atoms with E-state index >= 15 is 0 Å². The highest BCUT2D eigenvalue weighted by Crippen LogP contribution is 2.21.